The summed E-state index contributed by atoms with van der Waals surface area (Å²) in [5.41, 5.74) is 0.393. The number of nitrogens with zero attached hydrogens (tertiary/aromatic N) is 2. The van der Waals surface area contributed by atoms with Crippen molar-refractivity contribution in [2.45, 2.75) is 60.4 Å². The van der Waals surface area contributed by atoms with Crippen molar-refractivity contribution in [2.75, 3.05) is 19.6 Å². The second-order valence-corrected chi connectivity index (χ2v) is 6.12. The molecule has 1 N–H and O–H groups in total. The monoisotopic (exact) mass is 309 g/mol. The van der Waals surface area contributed by atoms with E-state index in [0.717, 1.165) is 31.7 Å². The van der Waals surface area contributed by atoms with Crippen LogP contribution in [0, 0.1) is 5.41 Å². The summed E-state index contributed by atoms with van der Waals surface area (Å²) in [5, 5.41) is 6.85. The standard InChI is InChI=1S/C17H31N3O2/c1-7-14-11-15(19-22-14)16(21)18-12-17(6,8-2)13(5)20(9-3)10-4/h11,13H,7-10,12H2,1-6H3,(H,18,21). The van der Waals surface area contributed by atoms with Gasteiger partial charge in [-0.2, -0.15) is 0 Å². The summed E-state index contributed by atoms with van der Waals surface area (Å²) in [6, 6.07) is 2.11. The Morgan fingerprint density at radius 3 is 2.45 bits per heavy atom. The molecule has 1 aromatic heterocycles. The van der Waals surface area contributed by atoms with Gasteiger partial charge in [-0.1, -0.05) is 39.8 Å². The van der Waals surface area contributed by atoms with Crippen LogP contribution in [0.1, 0.15) is 64.2 Å². The van der Waals surface area contributed by atoms with Gasteiger partial charge in [0.05, 0.1) is 0 Å². The molecule has 0 aliphatic rings. The van der Waals surface area contributed by atoms with Crippen LogP contribution in [0.25, 0.3) is 0 Å². The lowest BCUT2D eigenvalue weighted by atomic mass is 9.79. The molecule has 1 aromatic rings. The molecule has 0 saturated heterocycles. The molecule has 126 valence electrons. The first-order chi connectivity index (χ1) is 10.4. The summed E-state index contributed by atoms with van der Waals surface area (Å²) in [7, 11) is 0. The second-order valence-electron chi connectivity index (χ2n) is 6.12. The molecule has 5 heteroatoms. The molecule has 22 heavy (non-hydrogen) atoms. The number of hydrogen-bond acceptors (Lipinski definition) is 4. The number of aryl methyl sites for hydroxylation is 1. The molecule has 5 nitrogen and oxygen atoms in total. The third kappa shape index (κ3) is 4.32. The molecule has 0 bridgehead atoms. The maximum Gasteiger partial charge on any atom is 0.273 e. The molecule has 0 spiro atoms. The average molecular weight is 309 g/mol. The lowest BCUT2D eigenvalue weighted by Gasteiger charge is -2.41. The zero-order valence-electron chi connectivity index (χ0n) is 14.9. The van der Waals surface area contributed by atoms with Crippen LogP contribution in [-0.2, 0) is 6.42 Å². The van der Waals surface area contributed by atoms with E-state index in [-0.39, 0.29) is 11.3 Å². The zero-order chi connectivity index (χ0) is 16.8. The van der Waals surface area contributed by atoms with Gasteiger partial charge in [0, 0.05) is 25.1 Å². The molecule has 2 atom stereocenters. The molecular weight excluding hydrogens is 278 g/mol. The average Bonchev–Trinajstić information content (AvgIpc) is 3.02. The summed E-state index contributed by atoms with van der Waals surface area (Å²) in [5.74, 6) is 0.579. The van der Waals surface area contributed by atoms with Crippen LogP contribution < -0.4 is 5.32 Å². The maximum absolute atomic E-state index is 12.2. The highest BCUT2D eigenvalue weighted by molar-refractivity contribution is 5.92. The molecule has 0 fully saturated rings. The van der Waals surface area contributed by atoms with Gasteiger partial charge in [-0.25, -0.2) is 0 Å². The minimum atomic E-state index is -0.158. The predicted octanol–water partition coefficient (Wildman–Crippen LogP) is 3.11. The molecule has 0 aromatic carbocycles. The van der Waals surface area contributed by atoms with Gasteiger partial charge in [0.2, 0.25) is 0 Å². The molecule has 0 radical (unpaired) electrons. The van der Waals surface area contributed by atoms with Crippen molar-refractivity contribution in [3.05, 3.63) is 17.5 Å². The van der Waals surface area contributed by atoms with Crippen molar-refractivity contribution < 1.29 is 9.32 Å². The van der Waals surface area contributed by atoms with Gasteiger partial charge in [-0.3, -0.25) is 4.79 Å². The first-order valence-electron chi connectivity index (χ1n) is 8.39. The summed E-state index contributed by atoms with van der Waals surface area (Å²) >= 11 is 0. The fourth-order valence-corrected chi connectivity index (χ4v) is 2.74. The van der Waals surface area contributed by atoms with Gasteiger partial charge in [0.25, 0.3) is 5.91 Å². The van der Waals surface area contributed by atoms with Crippen molar-refractivity contribution >= 4 is 5.91 Å². The fourth-order valence-electron chi connectivity index (χ4n) is 2.74. The molecule has 1 rings (SSSR count). The number of nitrogens with one attached hydrogen (secondary N) is 1. The Morgan fingerprint density at radius 2 is 2.00 bits per heavy atom. The second kappa shape index (κ2) is 8.32. The van der Waals surface area contributed by atoms with Crippen LogP contribution in [-0.4, -0.2) is 41.6 Å². The van der Waals surface area contributed by atoms with Crippen LogP contribution >= 0.6 is 0 Å². The highest BCUT2D eigenvalue weighted by atomic mass is 16.5. The minimum Gasteiger partial charge on any atom is -0.361 e. The Kier molecular flexibility index (Phi) is 7.07. The van der Waals surface area contributed by atoms with Crippen LogP contribution in [0.5, 0.6) is 0 Å². The predicted molar refractivity (Wildman–Crippen MR) is 89.0 cm³/mol. The lowest BCUT2D eigenvalue weighted by molar-refractivity contribution is 0.0775. The highest BCUT2D eigenvalue weighted by Gasteiger charge is 2.33. The maximum atomic E-state index is 12.2. The van der Waals surface area contributed by atoms with E-state index in [0.29, 0.717) is 18.3 Å². The summed E-state index contributed by atoms with van der Waals surface area (Å²) < 4.78 is 5.09. The number of rotatable bonds is 9. The van der Waals surface area contributed by atoms with Gasteiger partial charge in [-0.15, -0.1) is 0 Å². The Hall–Kier alpha value is -1.36. The molecule has 2 unspecified atom stereocenters. The Morgan fingerprint density at radius 1 is 1.36 bits per heavy atom. The minimum absolute atomic E-state index is 0.0268. The van der Waals surface area contributed by atoms with Gasteiger partial charge in [-0.05, 0) is 31.8 Å². The quantitative estimate of drug-likeness (QED) is 0.761. The molecule has 0 aliphatic heterocycles. The molecular formula is C17H31N3O2. The number of amides is 1. The smallest absolute Gasteiger partial charge is 0.273 e. The third-order valence-corrected chi connectivity index (χ3v) is 4.97. The van der Waals surface area contributed by atoms with Crippen LogP contribution in [0.4, 0.5) is 0 Å². The number of aromatic nitrogens is 1. The molecule has 1 heterocycles. The Balaban J connectivity index is 2.70. The largest absolute Gasteiger partial charge is 0.361 e. The van der Waals surface area contributed by atoms with E-state index in [1.807, 2.05) is 6.92 Å². The van der Waals surface area contributed by atoms with Crippen molar-refractivity contribution in [1.29, 1.82) is 0 Å². The number of hydrogen-bond donors (Lipinski definition) is 1. The van der Waals surface area contributed by atoms with E-state index in [9.17, 15) is 4.79 Å². The number of carbonyl (C=O) groups excluding carboxylic acids is 1. The van der Waals surface area contributed by atoms with Crippen molar-refractivity contribution in [3.8, 4) is 0 Å². The summed E-state index contributed by atoms with van der Waals surface area (Å²) in [4.78, 5) is 14.7. The third-order valence-electron chi connectivity index (χ3n) is 4.97. The van der Waals surface area contributed by atoms with E-state index in [2.05, 4.69) is 50.0 Å². The van der Waals surface area contributed by atoms with Gasteiger partial charge in [0.15, 0.2) is 5.69 Å². The van der Waals surface area contributed by atoms with Crippen molar-refractivity contribution in [2.24, 2.45) is 5.41 Å². The Labute approximate surface area is 134 Å². The highest BCUT2D eigenvalue weighted by Crippen LogP contribution is 2.28. The topological polar surface area (TPSA) is 58.4 Å². The van der Waals surface area contributed by atoms with Crippen LogP contribution in [0.15, 0.2) is 10.6 Å². The molecule has 1 amide bonds. The lowest BCUT2D eigenvalue weighted by Crippen LogP contribution is -2.50. The Bertz CT molecular complexity index is 468. The van der Waals surface area contributed by atoms with E-state index in [1.54, 1.807) is 6.07 Å². The van der Waals surface area contributed by atoms with E-state index >= 15 is 0 Å². The first kappa shape index (κ1) is 18.7. The fraction of sp³-hybridized carbons (Fsp3) is 0.765. The number of carbonyl (C=O) groups is 1. The SMILES string of the molecule is CCc1cc(C(=O)NCC(C)(CC)C(C)N(CC)CC)no1. The van der Waals surface area contributed by atoms with Gasteiger partial charge in [0.1, 0.15) is 5.76 Å². The van der Waals surface area contributed by atoms with Gasteiger partial charge < -0.3 is 14.7 Å². The van der Waals surface area contributed by atoms with E-state index in [4.69, 9.17) is 4.52 Å². The zero-order valence-corrected chi connectivity index (χ0v) is 14.9. The van der Waals surface area contributed by atoms with E-state index < -0.39 is 0 Å². The molecule has 0 aliphatic carbocycles. The normalized spacial score (nSPS) is 15.6. The summed E-state index contributed by atoms with van der Waals surface area (Å²) in [6.45, 7) is 15.7. The van der Waals surface area contributed by atoms with Gasteiger partial charge >= 0.3 is 0 Å². The van der Waals surface area contributed by atoms with Crippen LogP contribution in [0.3, 0.4) is 0 Å². The van der Waals surface area contributed by atoms with Crippen molar-refractivity contribution in [1.82, 2.24) is 15.4 Å². The van der Waals surface area contributed by atoms with Crippen molar-refractivity contribution in [3.63, 3.8) is 0 Å². The van der Waals surface area contributed by atoms with E-state index in [1.165, 1.54) is 0 Å². The summed E-state index contributed by atoms with van der Waals surface area (Å²) in [6.07, 6.45) is 1.75. The van der Waals surface area contributed by atoms with Crippen LogP contribution in [0.2, 0.25) is 0 Å². The molecule has 0 saturated carbocycles. The first-order valence-corrected chi connectivity index (χ1v) is 8.39.